The number of pyridine rings is 1. The zero-order chi connectivity index (χ0) is 13.0. The van der Waals surface area contributed by atoms with Crippen LogP contribution in [0.2, 0.25) is 5.02 Å². The van der Waals surface area contributed by atoms with Crippen LogP contribution in [0.1, 0.15) is 16.1 Å². The number of benzene rings is 1. The third-order valence-corrected chi connectivity index (χ3v) is 2.83. The van der Waals surface area contributed by atoms with E-state index in [0.29, 0.717) is 22.3 Å². The summed E-state index contributed by atoms with van der Waals surface area (Å²) < 4.78 is 0. The number of carbonyl (C=O) groups excluding carboxylic acids is 1. The van der Waals surface area contributed by atoms with Gasteiger partial charge in [-0.05, 0) is 29.8 Å². The number of nitrogens with zero attached hydrogens (tertiary/aromatic N) is 1. The van der Waals surface area contributed by atoms with Gasteiger partial charge in [0.25, 0.3) is 5.91 Å². The standard InChI is InChI=1S/C13H10Cl2N2O/c14-7-9-2-1-3-11(6-9)17-13(18)12-5-4-10(15)8-16-12/h1-6,8H,7H2,(H,17,18). The summed E-state index contributed by atoms with van der Waals surface area (Å²) in [7, 11) is 0. The van der Waals surface area contributed by atoms with Crippen molar-refractivity contribution in [2.24, 2.45) is 0 Å². The second-order valence-corrected chi connectivity index (χ2v) is 4.35. The molecular formula is C13H10Cl2N2O. The molecule has 5 heteroatoms. The van der Waals surface area contributed by atoms with E-state index in [9.17, 15) is 4.79 Å². The van der Waals surface area contributed by atoms with Gasteiger partial charge in [0, 0.05) is 17.8 Å². The topological polar surface area (TPSA) is 42.0 Å². The number of aromatic nitrogens is 1. The minimum absolute atomic E-state index is 0.279. The van der Waals surface area contributed by atoms with Crippen molar-refractivity contribution in [3.05, 3.63) is 58.9 Å². The Bertz CT molecular complexity index is 555. The first-order valence-corrected chi connectivity index (χ1v) is 6.18. The maximum absolute atomic E-state index is 11.9. The van der Waals surface area contributed by atoms with Crippen molar-refractivity contribution < 1.29 is 4.79 Å². The predicted molar refractivity (Wildman–Crippen MR) is 73.2 cm³/mol. The van der Waals surface area contributed by atoms with Crippen molar-refractivity contribution in [2.45, 2.75) is 5.88 Å². The Morgan fingerprint density at radius 1 is 1.28 bits per heavy atom. The molecule has 0 unspecified atom stereocenters. The van der Waals surface area contributed by atoms with Gasteiger partial charge in [0.2, 0.25) is 0 Å². The maximum atomic E-state index is 11.9. The van der Waals surface area contributed by atoms with Gasteiger partial charge in [0.1, 0.15) is 5.69 Å². The van der Waals surface area contributed by atoms with Crippen LogP contribution >= 0.6 is 23.2 Å². The van der Waals surface area contributed by atoms with Gasteiger partial charge in [0.15, 0.2) is 0 Å². The smallest absolute Gasteiger partial charge is 0.274 e. The van der Waals surface area contributed by atoms with Crippen molar-refractivity contribution in [1.29, 1.82) is 0 Å². The molecule has 0 aliphatic carbocycles. The predicted octanol–water partition coefficient (Wildman–Crippen LogP) is 3.73. The van der Waals surface area contributed by atoms with Crippen LogP contribution in [0.25, 0.3) is 0 Å². The van der Waals surface area contributed by atoms with E-state index < -0.39 is 0 Å². The molecule has 0 saturated heterocycles. The minimum Gasteiger partial charge on any atom is -0.321 e. The van der Waals surface area contributed by atoms with E-state index in [1.165, 1.54) is 6.20 Å². The number of halogens is 2. The number of rotatable bonds is 3. The molecule has 0 saturated carbocycles. The van der Waals surface area contributed by atoms with Gasteiger partial charge < -0.3 is 5.32 Å². The summed E-state index contributed by atoms with van der Waals surface area (Å²) in [5.74, 6) is 0.126. The number of alkyl halides is 1. The highest BCUT2D eigenvalue weighted by Gasteiger charge is 2.07. The summed E-state index contributed by atoms with van der Waals surface area (Å²) in [6.07, 6.45) is 1.44. The van der Waals surface area contributed by atoms with Crippen LogP contribution in [0.5, 0.6) is 0 Å². The lowest BCUT2D eigenvalue weighted by Gasteiger charge is -2.05. The normalized spacial score (nSPS) is 10.1. The van der Waals surface area contributed by atoms with Crippen LogP contribution in [0, 0.1) is 0 Å². The van der Waals surface area contributed by atoms with E-state index in [4.69, 9.17) is 23.2 Å². The molecule has 1 N–H and O–H groups in total. The second kappa shape index (κ2) is 5.85. The van der Waals surface area contributed by atoms with Crippen LogP contribution < -0.4 is 5.32 Å². The molecule has 1 aromatic heterocycles. The average Bonchev–Trinajstić information content (AvgIpc) is 2.39. The Kier molecular flexibility index (Phi) is 4.18. The molecule has 0 spiro atoms. The molecule has 2 rings (SSSR count). The Balaban J connectivity index is 2.13. The van der Waals surface area contributed by atoms with Crippen molar-refractivity contribution in [2.75, 3.05) is 5.32 Å². The molecule has 0 radical (unpaired) electrons. The van der Waals surface area contributed by atoms with E-state index in [0.717, 1.165) is 5.56 Å². The van der Waals surface area contributed by atoms with Crippen LogP contribution in [-0.4, -0.2) is 10.9 Å². The highest BCUT2D eigenvalue weighted by molar-refractivity contribution is 6.30. The van der Waals surface area contributed by atoms with Crippen LogP contribution in [-0.2, 0) is 5.88 Å². The monoisotopic (exact) mass is 280 g/mol. The van der Waals surface area contributed by atoms with E-state index in [2.05, 4.69) is 10.3 Å². The lowest BCUT2D eigenvalue weighted by Crippen LogP contribution is -2.13. The Hall–Kier alpha value is -1.58. The van der Waals surface area contributed by atoms with Crippen LogP contribution in [0.3, 0.4) is 0 Å². The van der Waals surface area contributed by atoms with E-state index in [1.807, 2.05) is 18.2 Å². The first-order valence-electron chi connectivity index (χ1n) is 5.27. The molecule has 1 aromatic carbocycles. The van der Waals surface area contributed by atoms with Gasteiger partial charge in [-0.15, -0.1) is 11.6 Å². The maximum Gasteiger partial charge on any atom is 0.274 e. The van der Waals surface area contributed by atoms with Gasteiger partial charge in [-0.1, -0.05) is 23.7 Å². The Labute approximate surface area is 115 Å². The molecule has 92 valence electrons. The summed E-state index contributed by atoms with van der Waals surface area (Å²) in [6, 6.07) is 10.5. The number of amides is 1. The van der Waals surface area contributed by atoms with E-state index in [1.54, 1.807) is 18.2 Å². The fraction of sp³-hybridized carbons (Fsp3) is 0.0769. The summed E-state index contributed by atoms with van der Waals surface area (Å²) in [5.41, 5.74) is 1.95. The molecule has 0 aliphatic heterocycles. The number of hydrogen-bond donors (Lipinski definition) is 1. The summed E-state index contributed by atoms with van der Waals surface area (Å²) in [6.45, 7) is 0. The fourth-order valence-electron chi connectivity index (χ4n) is 1.44. The largest absolute Gasteiger partial charge is 0.321 e. The highest BCUT2D eigenvalue weighted by Crippen LogP contribution is 2.14. The summed E-state index contributed by atoms with van der Waals surface area (Å²) >= 11 is 11.4. The Morgan fingerprint density at radius 2 is 2.11 bits per heavy atom. The molecule has 18 heavy (non-hydrogen) atoms. The molecule has 3 nitrogen and oxygen atoms in total. The highest BCUT2D eigenvalue weighted by atomic mass is 35.5. The molecule has 0 fully saturated rings. The molecule has 0 atom stereocenters. The van der Waals surface area contributed by atoms with Gasteiger partial charge in [-0.3, -0.25) is 4.79 Å². The quantitative estimate of drug-likeness (QED) is 0.871. The lowest BCUT2D eigenvalue weighted by molar-refractivity contribution is 0.102. The number of hydrogen-bond acceptors (Lipinski definition) is 2. The fourth-order valence-corrected chi connectivity index (χ4v) is 1.72. The van der Waals surface area contributed by atoms with Crippen molar-refractivity contribution in [3.8, 4) is 0 Å². The molecule has 1 amide bonds. The van der Waals surface area contributed by atoms with E-state index in [-0.39, 0.29) is 5.91 Å². The van der Waals surface area contributed by atoms with Gasteiger partial charge in [0.05, 0.1) is 5.02 Å². The van der Waals surface area contributed by atoms with Crippen molar-refractivity contribution in [1.82, 2.24) is 4.98 Å². The number of anilines is 1. The molecule has 0 bridgehead atoms. The van der Waals surface area contributed by atoms with Crippen LogP contribution in [0.15, 0.2) is 42.6 Å². The minimum atomic E-state index is -0.279. The lowest BCUT2D eigenvalue weighted by atomic mass is 10.2. The Morgan fingerprint density at radius 3 is 2.78 bits per heavy atom. The zero-order valence-corrected chi connectivity index (χ0v) is 10.9. The van der Waals surface area contributed by atoms with E-state index >= 15 is 0 Å². The molecule has 1 heterocycles. The molecule has 2 aromatic rings. The first-order chi connectivity index (χ1) is 8.69. The third kappa shape index (κ3) is 3.22. The number of nitrogens with one attached hydrogen (secondary N) is 1. The van der Waals surface area contributed by atoms with Crippen molar-refractivity contribution >= 4 is 34.8 Å². The second-order valence-electron chi connectivity index (χ2n) is 3.65. The van der Waals surface area contributed by atoms with Gasteiger partial charge in [-0.25, -0.2) is 4.98 Å². The SMILES string of the molecule is O=C(Nc1cccc(CCl)c1)c1ccc(Cl)cn1. The summed E-state index contributed by atoms with van der Waals surface area (Å²) in [5, 5.41) is 3.25. The average molecular weight is 281 g/mol. The molecule has 0 aliphatic rings. The van der Waals surface area contributed by atoms with Crippen molar-refractivity contribution in [3.63, 3.8) is 0 Å². The third-order valence-electron chi connectivity index (χ3n) is 2.30. The zero-order valence-electron chi connectivity index (χ0n) is 9.36. The van der Waals surface area contributed by atoms with Crippen LogP contribution in [0.4, 0.5) is 5.69 Å². The van der Waals surface area contributed by atoms with Gasteiger partial charge in [-0.2, -0.15) is 0 Å². The summed E-state index contributed by atoms with van der Waals surface area (Å²) in [4.78, 5) is 15.8. The van der Waals surface area contributed by atoms with Gasteiger partial charge >= 0.3 is 0 Å². The first kappa shape index (κ1) is 12.9. The number of carbonyl (C=O) groups is 1. The molecular weight excluding hydrogens is 271 g/mol.